The molecule has 2 aromatic rings. The molecule has 0 N–H and O–H groups in total. The molecule has 0 saturated carbocycles. The van der Waals surface area contributed by atoms with E-state index in [2.05, 4.69) is 15.9 Å². The second-order valence-electron chi connectivity index (χ2n) is 6.64. The molecule has 0 radical (unpaired) electrons. The number of nitrogens with zero attached hydrogens (tertiary/aromatic N) is 3. The van der Waals surface area contributed by atoms with E-state index >= 15 is 0 Å². The summed E-state index contributed by atoms with van der Waals surface area (Å²) in [5, 5.41) is 1.17. The van der Waals surface area contributed by atoms with E-state index < -0.39 is 0 Å². The lowest BCUT2D eigenvalue weighted by Crippen LogP contribution is -2.46. The van der Waals surface area contributed by atoms with Crippen LogP contribution in [0.5, 0.6) is 5.75 Å². The van der Waals surface area contributed by atoms with E-state index in [9.17, 15) is 0 Å². The predicted octanol–water partition coefficient (Wildman–Crippen LogP) is 3.76. The molecule has 0 aliphatic carbocycles. The Morgan fingerprint density at radius 1 is 1.09 bits per heavy atom. The van der Waals surface area contributed by atoms with Gasteiger partial charge in [-0.3, -0.25) is 0 Å². The Kier molecular flexibility index (Phi) is 4.40. The van der Waals surface area contributed by atoms with Crippen LogP contribution in [0.2, 0.25) is 0 Å². The highest BCUT2D eigenvalue weighted by Crippen LogP contribution is 2.33. The number of fused-ring (bicyclic) bond motifs is 1. The van der Waals surface area contributed by atoms with Crippen LogP contribution in [0.25, 0.3) is 10.2 Å². The molecule has 0 bridgehead atoms. The van der Waals surface area contributed by atoms with Crippen LogP contribution >= 0.6 is 11.3 Å². The molecule has 5 heteroatoms. The van der Waals surface area contributed by atoms with E-state index in [1.807, 2.05) is 12.1 Å². The summed E-state index contributed by atoms with van der Waals surface area (Å²) in [5.41, 5.74) is 1.06. The van der Waals surface area contributed by atoms with Gasteiger partial charge in [-0.1, -0.05) is 17.8 Å². The summed E-state index contributed by atoms with van der Waals surface area (Å²) < 4.78 is 6.55. The number of benzene rings is 1. The Labute approximate surface area is 142 Å². The van der Waals surface area contributed by atoms with Crippen molar-refractivity contribution in [2.45, 2.75) is 38.1 Å². The minimum atomic E-state index is 0.793. The zero-order valence-corrected chi connectivity index (χ0v) is 14.6. The monoisotopic (exact) mass is 331 g/mol. The minimum absolute atomic E-state index is 0.793. The molecule has 1 aromatic heterocycles. The van der Waals surface area contributed by atoms with Gasteiger partial charge in [0.15, 0.2) is 5.13 Å². The van der Waals surface area contributed by atoms with Crippen LogP contribution in [-0.4, -0.2) is 49.2 Å². The average molecular weight is 331 g/mol. The number of ether oxygens (including phenoxy) is 1. The Bertz CT molecular complexity index is 657. The van der Waals surface area contributed by atoms with Gasteiger partial charge in [0.2, 0.25) is 0 Å². The van der Waals surface area contributed by atoms with Crippen LogP contribution in [0.1, 0.15) is 32.1 Å². The first-order valence-corrected chi connectivity index (χ1v) is 9.59. The maximum atomic E-state index is 5.30. The zero-order valence-electron chi connectivity index (χ0n) is 13.8. The maximum absolute atomic E-state index is 5.30. The molecule has 2 aliphatic rings. The summed E-state index contributed by atoms with van der Waals surface area (Å²) in [6.45, 7) is 4.90. The molecule has 124 valence electrons. The third-order valence-corrected chi connectivity index (χ3v) is 6.32. The van der Waals surface area contributed by atoms with Crippen LogP contribution in [0.15, 0.2) is 18.2 Å². The largest absolute Gasteiger partial charge is 0.497 e. The smallest absolute Gasteiger partial charge is 0.186 e. The molecular weight excluding hydrogens is 306 g/mol. The van der Waals surface area contributed by atoms with Crippen LogP contribution in [0.4, 0.5) is 5.13 Å². The second kappa shape index (κ2) is 6.65. The third-order valence-electron chi connectivity index (χ3n) is 5.23. The van der Waals surface area contributed by atoms with Crippen LogP contribution in [-0.2, 0) is 0 Å². The lowest BCUT2D eigenvalue weighted by Gasteiger charge is -2.40. The highest BCUT2D eigenvalue weighted by molar-refractivity contribution is 7.22. The fourth-order valence-electron chi connectivity index (χ4n) is 3.86. The van der Waals surface area contributed by atoms with Crippen molar-refractivity contribution < 1.29 is 4.74 Å². The number of methoxy groups -OCH3 is 1. The lowest BCUT2D eigenvalue weighted by atomic mass is 10.0. The minimum Gasteiger partial charge on any atom is -0.497 e. The fraction of sp³-hybridized carbons (Fsp3) is 0.611. The summed E-state index contributed by atoms with van der Waals surface area (Å²) in [4.78, 5) is 10.0. The molecule has 2 saturated heterocycles. The first-order chi connectivity index (χ1) is 11.3. The Morgan fingerprint density at radius 2 is 1.87 bits per heavy atom. The molecule has 0 atom stereocenters. The number of hydrogen-bond acceptors (Lipinski definition) is 5. The summed E-state index contributed by atoms with van der Waals surface area (Å²) in [5.74, 6) is 0.887. The summed E-state index contributed by atoms with van der Waals surface area (Å²) in [6, 6.07) is 6.97. The van der Waals surface area contributed by atoms with Gasteiger partial charge in [0.25, 0.3) is 0 Å². The molecule has 2 aliphatic heterocycles. The Balaban J connectivity index is 1.43. The van der Waals surface area contributed by atoms with E-state index in [-0.39, 0.29) is 0 Å². The highest BCUT2D eigenvalue weighted by atomic mass is 32.1. The van der Waals surface area contributed by atoms with Crippen LogP contribution < -0.4 is 9.64 Å². The van der Waals surface area contributed by atoms with Crippen molar-refractivity contribution in [1.82, 2.24) is 9.88 Å². The first-order valence-electron chi connectivity index (χ1n) is 8.77. The van der Waals surface area contributed by atoms with Gasteiger partial charge in [0.05, 0.1) is 17.3 Å². The topological polar surface area (TPSA) is 28.6 Å². The normalized spacial score (nSPS) is 21.0. The average Bonchev–Trinajstić information content (AvgIpc) is 3.05. The van der Waals surface area contributed by atoms with Crippen molar-refractivity contribution in [3.05, 3.63) is 18.2 Å². The fourth-order valence-corrected chi connectivity index (χ4v) is 4.86. The van der Waals surface area contributed by atoms with Gasteiger partial charge >= 0.3 is 0 Å². The van der Waals surface area contributed by atoms with Crippen molar-refractivity contribution in [1.29, 1.82) is 0 Å². The van der Waals surface area contributed by atoms with Crippen molar-refractivity contribution in [3.63, 3.8) is 0 Å². The van der Waals surface area contributed by atoms with Gasteiger partial charge in [-0.25, -0.2) is 4.98 Å². The molecule has 1 aromatic carbocycles. The number of likely N-dealkylation sites (tertiary alicyclic amines) is 1. The first kappa shape index (κ1) is 15.2. The molecule has 0 unspecified atom stereocenters. The highest BCUT2D eigenvalue weighted by Gasteiger charge is 2.26. The van der Waals surface area contributed by atoms with E-state index in [1.54, 1.807) is 18.4 Å². The van der Waals surface area contributed by atoms with Crippen molar-refractivity contribution in [3.8, 4) is 5.75 Å². The SMILES string of the molecule is COc1ccc2sc(N3CCC(N4CCCCC4)CC3)nc2c1. The van der Waals surface area contributed by atoms with Gasteiger partial charge in [0.1, 0.15) is 5.75 Å². The van der Waals surface area contributed by atoms with Crippen molar-refractivity contribution in [2.24, 2.45) is 0 Å². The van der Waals surface area contributed by atoms with Gasteiger partial charge in [0, 0.05) is 25.2 Å². The summed E-state index contributed by atoms with van der Waals surface area (Å²) in [7, 11) is 1.71. The molecule has 4 nitrogen and oxygen atoms in total. The van der Waals surface area contributed by atoms with Gasteiger partial charge in [-0.2, -0.15) is 0 Å². The van der Waals surface area contributed by atoms with Gasteiger partial charge in [-0.05, 0) is 50.9 Å². The van der Waals surface area contributed by atoms with Gasteiger partial charge < -0.3 is 14.5 Å². The van der Waals surface area contributed by atoms with Crippen molar-refractivity contribution in [2.75, 3.05) is 38.2 Å². The number of thiazole rings is 1. The molecule has 0 spiro atoms. The number of aromatic nitrogens is 1. The van der Waals surface area contributed by atoms with E-state index in [4.69, 9.17) is 9.72 Å². The quantitative estimate of drug-likeness (QED) is 0.856. The van der Waals surface area contributed by atoms with E-state index in [1.165, 1.54) is 55.0 Å². The van der Waals surface area contributed by atoms with Crippen molar-refractivity contribution >= 4 is 26.7 Å². The van der Waals surface area contributed by atoms with E-state index in [0.717, 1.165) is 30.4 Å². The maximum Gasteiger partial charge on any atom is 0.186 e. The zero-order chi connectivity index (χ0) is 15.6. The number of anilines is 1. The molecule has 23 heavy (non-hydrogen) atoms. The number of hydrogen-bond donors (Lipinski definition) is 0. The number of rotatable bonds is 3. The van der Waals surface area contributed by atoms with E-state index in [0.29, 0.717) is 0 Å². The van der Waals surface area contributed by atoms with Crippen LogP contribution in [0, 0.1) is 0 Å². The lowest BCUT2D eigenvalue weighted by molar-refractivity contribution is 0.141. The second-order valence-corrected chi connectivity index (χ2v) is 7.65. The van der Waals surface area contributed by atoms with Gasteiger partial charge in [-0.15, -0.1) is 0 Å². The Hall–Kier alpha value is -1.33. The summed E-state index contributed by atoms with van der Waals surface area (Å²) >= 11 is 1.81. The molecule has 3 heterocycles. The van der Waals surface area contributed by atoms with Crippen LogP contribution in [0.3, 0.4) is 0 Å². The molecule has 4 rings (SSSR count). The molecular formula is C18H25N3OS. The molecule has 2 fully saturated rings. The standard InChI is InChI=1S/C18H25N3OS/c1-22-15-5-6-17-16(13-15)19-18(23-17)21-11-7-14(8-12-21)20-9-3-2-4-10-20/h5-6,13-14H,2-4,7-12H2,1H3. The number of piperidine rings is 2. The summed E-state index contributed by atoms with van der Waals surface area (Å²) in [6.07, 6.45) is 6.75. The third kappa shape index (κ3) is 3.17. The Morgan fingerprint density at radius 3 is 2.61 bits per heavy atom. The molecule has 0 amide bonds. The predicted molar refractivity (Wildman–Crippen MR) is 96.8 cm³/mol.